The number of hydrogen-bond donors (Lipinski definition) is 3. The smallest absolute Gasteiger partial charge is 0.0700 e. The molecular weight excluding hydrogens is 114 g/mol. The molecule has 0 amide bonds. The Balaban J connectivity index is 2.08. The molecule has 0 aromatic rings. The van der Waals surface area contributed by atoms with Crippen molar-refractivity contribution in [2.24, 2.45) is 0 Å². The molecule has 9 heavy (non-hydrogen) atoms. The van der Waals surface area contributed by atoms with Gasteiger partial charge in [0.2, 0.25) is 0 Å². The molecule has 3 N–H and O–H groups in total. The number of piperazine rings is 1. The molecule has 0 radical (unpaired) electrons. The highest BCUT2D eigenvalue weighted by molar-refractivity contribution is 4.71. The zero-order chi connectivity index (χ0) is 6.53. The average molecular weight is 129 g/mol. The fraction of sp³-hybridized carbons (Fsp3) is 1.00. The maximum Gasteiger partial charge on any atom is 0.0700 e. The first-order valence-electron chi connectivity index (χ1n) is 3.61. The molecule has 1 atom stereocenters. The predicted molar refractivity (Wildman–Crippen MR) is 38.3 cm³/mol. The van der Waals surface area contributed by atoms with Gasteiger partial charge in [0.05, 0.1) is 6.17 Å². The van der Waals surface area contributed by atoms with Crippen LogP contribution in [-0.2, 0) is 0 Å². The first-order valence-corrected chi connectivity index (χ1v) is 3.61. The van der Waals surface area contributed by atoms with Gasteiger partial charge >= 0.3 is 0 Å². The summed E-state index contributed by atoms with van der Waals surface area (Å²) in [6, 6.07) is 0. The third kappa shape index (κ3) is 2.30. The van der Waals surface area contributed by atoms with Crippen molar-refractivity contribution >= 4 is 0 Å². The summed E-state index contributed by atoms with van der Waals surface area (Å²) in [6.45, 7) is 6.39. The molecule has 1 aliphatic heterocycles. The minimum absolute atomic E-state index is 0.490. The molecule has 54 valence electrons. The Hall–Kier alpha value is -0.120. The van der Waals surface area contributed by atoms with Crippen LogP contribution in [0.4, 0.5) is 0 Å². The Labute approximate surface area is 56.2 Å². The Bertz CT molecular complexity index is 65.9. The molecule has 0 aromatic carbocycles. The van der Waals surface area contributed by atoms with Crippen LogP contribution in [0.5, 0.6) is 0 Å². The summed E-state index contributed by atoms with van der Waals surface area (Å²) in [5.74, 6) is 0. The maximum absolute atomic E-state index is 3.35. The molecule has 0 aromatic heterocycles. The van der Waals surface area contributed by atoms with Crippen LogP contribution in [0.2, 0.25) is 0 Å². The van der Waals surface area contributed by atoms with Crippen LogP contribution in [0.1, 0.15) is 6.92 Å². The Morgan fingerprint density at radius 3 is 3.00 bits per heavy atom. The first kappa shape index (κ1) is 6.99. The zero-order valence-electron chi connectivity index (χ0n) is 5.91. The standard InChI is InChI=1S/C6H15N3/c1-2-8-6-5-7-3-4-9-6/h6-9H,2-5H2,1H3. The molecule has 1 saturated heterocycles. The summed E-state index contributed by atoms with van der Waals surface area (Å²) in [5, 5.41) is 9.95. The fourth-order valence-electron chi connectivity index (χ4n) is 1.04. The third-order valence-electron chi connectivity index (χ3n) is 1.49. The molecule has 3 heteroatoms. The van der Waals surface area contributed by atoms with Crippen molar-refractivity contribution in [2.75, 3.05) is 26.2 Å². The molecule has 0 bridgehead atoms. The van der Waals surface area contributed by atoms with Crippen molar-refractivity contribution in [1.29, 1.82) is 0 Å². The van der Waals surface area contributed by atoms with Crippen molar-refractivity contribution in [3.63, 3.8) is 0 Å². The lowest BCUT2D eigenvalue weighted by Gasteiger charge is -2.24. The zero-order valence-corrected chi connectivity index (χ0v) is 5.91. The highest BCUT2D eigenvalue weighted by Gasteiger charge is 2.08. The van der Waals surface area contributed by atoms with Crippen LogP contribution in [0.15, 0.2) is 0 Å². The Kier molecular flexibility index (Phi) is 2.97. The van der Waals surface area contributed by atoms with E-state index in [4.69, 9.17) is 0 Å². The van der Waals surface area contributed by atoms with Crippen LogP contribution >= 0.6 is 0 Å². The molecule has 0 aliphatic carbocycles. The van der Waals surface area contributed by atoms with E-state index in [1.807, 2.05) is 0 Å². The molecule has 0 saturated carbocycles. The Morgan fingerprint density at radius 1 is 1.56 bits per heavy atom. The second kappa shape index (κ2) is 3.82. The van der Waals surface area contributed by atoms with E-state index in [1.165, 1.54) is 0 Å². The highest BCUT2D eigenvalue weighted by atomic mass is 15.2. The highest BCUT2D eigenvalue weighted by Crippen LogP contribution is 1.79. The van der Waals surface area contributed by atoms with Crippen molar-refractivity contribution in [3.8, 4) is 0 Å². The van der Waals surface area contributed by atoms with Gasteiger partial charge in [-0.2, -0.15) is 0 Å². The van der Waals surface area contributed by atoms with E-state index in [-0.39, 0.29) is 0 Å². The lowest BCUT2D eigenvalue weighted by atomic mass is 10.3. The largest absolute Gasteiger partial charge is 0.313 e. The number of likely N-dealkylation sites (N-methyl/N-ethyl adjacent to an activating group) is 1. The topological polar surface area (TPSA) is 36.1 Å². The van der Waals surface area contributed by atoms with Crippen molar-refractivity contribution < 1.29 is 0 Å². The maximum atomic E-state index is 3.35. The monoisotopic (exact) mass is 129 g/mol. The van der Waals surface area contributed by atoms with E-state index in [1.54, 1.807) is 0 Å². The van der Waals surface area contributed by atoms with Gasteiger partial charge in [-0.15, -0.1) is 0 Å². The van der Waals surface area contributed by atoms with Crippen molar-refractivity contribution in [3.05, 3.63) is 0 Å². The number of hydrogen-bond acceptors (Lipinski definition) is 3. The van der Waals surface area contributed by atoms with E-state index >= 15 is 0 Å². The summed E-state index contributed by atoms with van der Waals surface area (Å²) in [7, 11) is 0. The van der Waals surface area contributed by atoms with Gasteiger partial charge in [-0.05, 0) is 6.54 Å². The van der Waals surface area contributed by atoms with Gasteiger partial charge in [0.15, 0.2) is 0 Å². The van der Waals surface area contributed by atoms with Crippen molar-refractivity contribution in [1.82, 2.24) is 16.0 Å². The van der Waals surface area contributed by atoms with E-state index < -0.39 is 0 Å². The molecule has 1 fully saturated rings. The Morgan fingerprint density at radius 2 is 2.44 bits per heavy atom. The van der Waals surface area contributed by atoms with Gasteiger partial charge in [-0.25, -0.2) is 0 Å². The summed E-state index contributed by atoms with van der Waals surface area (Å²) >= 11 is 0. The molecule has 0 spiro atoms. The summed E-state index contributed by atoms with van der Waals surface area (Å²) < 4.78 is 0. The molecule has 1 unspecified atom stereocenters. The first-order chi connectivity index (χ1) is 4.43. The lowest BCUT2D eigenvalue weighted by Crippen LogP contribution is -2.55. The van der Waals surface area contributed by atoms with Gasteiger partial charge in [-0.1, -0.05) is 6.92 Å². The van der Waals surface area contributed by atoms with Gasteiger partial charge in [0.1, 0.15) is 0 Å². The van der Waals surface area contributed by atoms with E-state index in [0.717, 1.165) is 26.2 Å². The van der Waals surface area contributed by atoms with Crippen LogP contribution in [0, 0.1) is 0 Å². The quantitative estimate of drug-likeness (QED) is 0.453. The molecule has 1 rings (SSSR count). The minimum Gasteiger partial charge on any atom is -0.313 e. The number of rotatable bonds is 2. The van der Waals surface area contributed by atoms with Crippen LogP contribution in [-0.4, -0.2) is 32.3 Å². The fourth-order valence-corrected chi connectivity index (χ4v) is 1.04. The van der Waals surface area contributed by atoms with Gasteiger partial charge in [-0.3, -0.25) is 5.32 Å². The van der Waals surface area contributed by atoms with E-state index in [9.17, 15) is 0 Å². The van der Waals surface area contributed by atoms with Crippen molar-refractivity contribution in [2.45, 2.75) is 13.1 Å². The molecular formula is C6H15N3. The van der Waals surface area contributed by atoms with Gasteiger partial charge < -0.3 is 10.6 Å². The second-order valence-corrected chi connectivity index (χ2v) is 2.27. The molecule has 1 heterocycles. The van der Waals surface area contributed by atoms with Crippen LogP contribution in [0.3, 0.4) is 0 Å². The average Bonchev–Trinajstić information content (AvgIpc) is 1.91. The van der Waals surface area contributed by atoms with Gasteiger partial charge in [0, 0.05) is 19.6 Å². The molecule has 3 nitrogen and oxygen atoms in total. The van der Waals surface area contributed by atoms with Crippen LogP contribution in [0.25, 0.3) is 0 Å². The minimum atomic E-state index is 0.490. The summed E-state index contributed by atoms with van der Waals surface area (Å²) in [6.07, 6.45) is 0.490. The lowest BCUT2D eigenvalue weighted by molar-refractivity contribution is 0.366. The SMILES string of the molecule is CCNC1CNCCN1. The van der Waals surface area contributed by atoms with E-state index in [2.05, 4.69) is 22.9 Å². The molecule has 1 aliphatic rings. The summed E-state index contributed by atoms with van der Waals surface area (Å²) in [4.78, 5) is 0. The number of nitrogens with one attached hydrogen (secondary N) is 3. The third-order valence-corrected chi connectivity index (χ3v) is 1.49. The normalized spacial score (nSPS) is 28.3. The van der Waals surface area contributed by atoms with Gasteiger partial charge in [0.25, 0.3) is 0 Å². The second-order valence-electron chi connectivity index (χ2n) is 2.27. The van der Waals surface area contributed by atoms with Crippen LogP contribution < -0.4 is 16.0 Å². The summed E-state index contributed by atoms with van der Waals surface area (Å²) in [5.41, 5.74) is 0. The predicted octanol–water partition coefficient (Wildman–Crippen LogP) is -0.885. The van der Waals surface area contributed by atoms with E-state index in [0.29, 0.717) is 6.17 Å².